The summed E-state index contributed by atoms with van der Waals surface area (Å²) in [7, 11) is 1.42. The third-order valence-corrected chi connectivity index (χ3v) is 2.54. The molecule has 3 heteroatoms. The molecule has 0 amide bonds. The number of benzene rings is 1. The maximum Gasteiger partial charge on any atom is 0.307 e. The monoisotopic (exact) mass is 221 g/mol. The van der Waals surface area contributed by atoms with Gasteiger partial charge in [0.05, 0.1) is 13.5 Å². The van der Waals surface area contributed by atoms with Crippen LogP contribution in [0.25, 0.3) is 0 Å². The number of esters is 1. The quantitative estimate of drug-likeness (QED) is 0.777. The average molecular weight is 221 g/mol. The molecule has 0 aliphatic rings. The Hall–Kier alpha value is -1.51. The summed E-state index contributed by atoms with van der Waals surface area (Å²) in [6.07, 6.45) is 0.392. The maximum atomic E-state index is 11.3. The minimum atomic E-state index is -0.179. The van der Waals surface area contributed by atoms with E-state index >= 15 is 0 Å². The number of para-hydroxylation sites is 1. The lowest BCUT2D eigenvalue weighted by Gasteiger charge is -2.22. The van der Waals surface area contributed by atoms with Gasteiger partial charge in [0.15, 0.2) is 0 Å². The molecule has 1 aromatic rings. The molecule has 0 aliphatic heterocycles. The van der Waals surface area contributed by atoms with E-state index in [2.05, 4.69) is 23.9 Å². The molecule has 0 saturated heterocycles. The SMILES string of the molecule is COC(=O)CC(Nc1ccccc1)C(C)C. The third-order valence-electron chi connectivity index (χ3n) is 2.54. The van der Waals surface area contributed by atoms with Gasteiger partial charge in [0.1, 0.15) is 0 Å². The largest absolute Gasteiger partial charge is 0.469 e. The number of carbonyl (C=O) groups excluding carboxylic acids is 1. The van der Waals surface area contributed by atoms with Crippen molar-refractivity contribution < 1.29 is 9.53 Å². The van der Waals surface area contributed by atoms with Gasteiger partial charge >= 0.3 is 5.97 Å². The molecule has 3 nitrogen and oxygen atoms in total. The van der Waals surface area contributed by atoms with Crippen LogP contribution in [0.4, 0.5) is 5.69 Å². The summed E-state index contributed by atoms with van der Waals surface area (Å²) in [4.78, 5) is 11.3. The van der Waals surface area contributed by atoms with E-state index in [4.69, 9.17) is 0 Å². The number of nitrogens with one attached hydrogen (secondary N) is 1. The smallest absolute Gasteiger partial charge is 0.307 e. The number of hydrogen-bond acceptors (Lipinski definition) is 3. The molecule has 0 fully saturated rings. The van der Waals surface area contributed by atoms with Crippen LogP contribution in [0.1, 0.15) is 20.3 Å². The summed E-state index contributed by atoms with van der Waals surface area (Å²) in [6.45, 7) is 4.17. The Bertz CT molecular complexity index is 322. The van der Waals surface area contributed by atoms with Crippen LogP contribution in [-0.2, 0) is 9.53 Å². The van der Waals surface area contributed by atoms with Gasteiger partial charge in [-0.15, -0.1) is 0 Å². The molecule has 16 heavy (non-hydrogen) atoms. The molecule has 1 aromatic carbocycles. The van der Waals surface area contributed by atoms with Gasteiger partial charge in [0, 0.05) is 11.7 Å². The van der Waals surface area contributed by atoms with Gasteiger partial charge in [0.25, 0.3) is 0 Å². The van der Waals surface area contributed by atoms with E-state index in [1.165, 1.54) is 7.11 Å². The van der Waals surface area contributed by atoms with Crippen molar-refractivity contribution in [3.63, 3.8) is 0 Å². The number of ether oxygens (including phenoxy) is 1. The van der Waals surface area contributed by atoms with Crippen LogP contribution in [0.15, 0.2) is 30.3 Å². The van der Waals surface area contributed by atoms with Crippen molar-refractivity contribution in [1.82, 2.24) is 0 Å². The van der Waals surface area contributed by atoms with Crippen molar-refractivity contribution in [3.05, 3.63) is 30.3 Å². The number of anilines is 1. The fourth-order valence-electron chi connectivity index (χ4n) is 1.46. The molecule has 0 saturated carbocycles. The van der Waals surface area contributed by atoms with E-state index in [1.807, 2.05) is 30.3 Å². The first-order valence-corrected chi connectivity index (χ1v) is 5.52. The minimum Gasteiger partial charge on any atom is -0.469 e. The summed E-state index contributed by atoms with van der Waals surface area (Å²) < 4.78 is 4.69. The third kappa shape index (κ3) is 3.93. The fourth-order valence-corrected chi connectivity index (χ4v) is 1.46. The summed E-state index contributed by atoms with van der Waals surface area (Å²) in [6, 6.07) is 10.0. The number of hydrogen-bond donors (Lipinski definition) is 1. The molecule has 1 rings (SSSR count). The first-order chi connectivity index (χ1) is 7.63. The second kappa shape index (κ2) is 6.16. The van der Waals surface area contributed by atoms with E-state index in [0.29, 0.717) is 12.3 Å². The van der Waals surface area contributed by atoms with Gasteiger partial charge in [0.2, 0.25) is 0 Å². The molecule has 88 valence electrons. The van der Waals surface area contributed by atoms with Crippen LogP contribution < -0.4 is 5.32 Å². The predicted molar refractivity (Wildman–Crippen MR) is 65.3 cm³/mol. The lowest BCUT2D eigenvalue weighted by atomic mass is 10.0. The van der Waals surface area contributed by atoms with Crippen molar-refractivity contribution >= 4 is 11.7 Å². The zero-order chi connectivity index (χ0) is 12.0. The number of rotatable bonds is 5. The molecule has 1 atom stereocenters. The maximum absolute atomic E-state index is 11.3. The van der Waals surface area contributed by atoms with Gasteiger partial charge < -0.3 is 10.1 Å². The van der Waals surface area contributed by atoms with Crippen LogP contribution >= 0.6 is 0 Å². The standard InChI is InChI=1S/C13H19NO2/c1-10(2)12(9-13(15)16-3)14-11-7-5-4-6-8-11/h4-8,10,12,14H,9H2,1-3H3. The zero-order valence-corrected chi connectivity index (χ0v) is 10.1. The summed E-state index contributed by atoms with van der Waals surface area (Å²) in [5.74, 6) is 0.196. The summed E-state index contributed by atoms with van der Waals surface area (Å²) >= 11 is 0. The van der Waals surface area contributed by atoms with Crippen LogP contribution in [0.2, 0.25) is 0 Å². The fraction of sp³-hybridized carbons (Fsp3) is 0.462. The lowest BCUT2D eigenvalue weighted by Crippen LogP contribution is -2.29. The van der Waals surface area contributed by atoms with Crippen molar-refractivity contribution in [2.45, 2.75) is 26.3 Å². The highest BCUT2D eigenvalue weighted by atomic mass is 16.5. The van der Waals surface area contributed by atoms with E-state index in [0.717, 1.165) is 5.69 Å². The van der Waals surface area contributed by atoms with Crippen molar-refractivity contribution in [1.29, 1.82) is 0 Å². The van der Waals surface area contributed by atoms with Gasteiger partial charge in [-0.2, -0.15) is 0 Å². The molecule has 1 N–H and O–H groups in total. The lowest BCUT2D eigenvalue weighted by molar-refractivity contribution is -0.141. The second-order valence-electron chi connectivity index (χ2n) is 4.14. The van der Waals surface area contributed by atoms with Crippen molar-refractivity contribution in [3.8, 4) is 0 Å². The Morgan fingerprint density at radius 1 is 1.31 bits per heavy atom. The van der Waals surface area contributed by atoms with E-state index in [1.54, 1.807) is 0 Å². The first kappa shape index (κ1) is 12.6. The van der Waals surface area contributed by atoms with Crippen LogP contribution in [0.5, 0.6) is 0 Å². The van der Waals surface area contributed by atoms with Gasteiger partial charge in [-0.05, 0) is 18.1 Å². The Morgan fingerprint density at radius 2 is 1.94 bits per heavy atom. The summed E-state index contributed by atoms with van der Waals surface area (Å²) in [5, 5.41) is 3.34. The van der Waals surface area contributed by atoms with Crippen LogP contribution in [-0.4, -0.2) is 19.1 Å². The van der Waals surface area contributed by atoms with Crippen LogP contribution in [0, 0.1) is 5.92 Å². The van der Waals surface area contributed by atoms with Crippen molar-refractivity contribution in [2.75, 3.05) is 12.4 Å². The molecule has 0 heterocycles. The predicted octanol–water partition coefficient (Wildman–Crippen LogP) is 2.69. The molecule has 0 radical (unpaired) electrons. The molecule has 0 bridgehead atoms. The normalized spacial score (nSPS) is 12.2. The highest BCUT2D eigenvalue weighted by Gasteiger charge is 2.17. The molecule has 0 spiro atoms. The number of methoxy groups -OCH3 is 1. The molecular formula is C13H19NO2. The average Bonchev–Trinajstić information content (AvgIpc) is 2.29. The van der Waals surface area contributed by atoms with Gasteiger partial charge in [-0.1, -0.05) is 32.0 Å². The Balaban J connectivity index is 2.62. The van der Waals surface area contributed by atoms with Gasteiger partial charge in [-0.3, -0.25) is 4.79 Å². The summed E-state index contributed by atoms with van der Waals surface area (Å²) in [5.41, 5.74) is 1.03. The molecule has 0 aliphatic carbocycles. The topological polar surface area (TPSA) is 38.3 Å². The second-order valence-corrected chi connectivity index (χ2v) is 4.14. The van der Waals surface area contributed by atoms with E-state index < -0.39 is 0 Å². The van der Waals surface area contributed by atoms with Gasteiger partial charge in [-0.25, -0.2) is 0 Å². The van der Waals surface area contributed by atoms with Crippen LogP contribution in [0.3, 0.4) is 0 Å². The highest BCUT2D eigenvalue weighted by Crippen LogP contribution is 2.15. The Kier molecular flexibility index (Phi) is 4.83. The number of carbonyl (C=O) groups is 1. The minimum absolute atomic E-state index is 0.106. The van der Waals surface area contributed by atoms with E-state index in [9.17, 15) is 4.79 Å². The molecule has 1 unspecified atom stereocenters. The Morgan fingerprint density at radius 3 is 2.44 bits per heavy atom. The van der Waals surface area contributed by atoms with E-state index in [-0.39, 0.29) is 12.0 Å². The highest BCUT2D eigenvalue weighted by molar-refractivity contribution is 5.70. The Labute approximate surface area is 96.8 Å². The van der Waals surface area contributed by atoms with Crippen molar-refractivity contribution in [2.24, 2.45) is 5.92 Å². The molecular weight excluding hydrogens is 202 g/mol. The zero-order valence-electron chi connectivity index (χ0n) is 10.1. The first-order valence-electron chi connectivity index (χ1n) is 5.52. The molecule has 0 aromatic heterocycles.